The van der Waals surface area contributed by atoms with E-state index in [-0.39, 0.29) is 18.7 Å². The first-order valence-electron chi connectivity index (χ1n) is 8.15. The fraction of sp³-hybridized carbons (Fsp3) is 0.200. The van der Waals surface area contributed by atoms with Crippen LogP contribution < -0.4 is 0 Å². The molecule has 3 aromatic rings. The topological polar surface area (TPSA) is 50.2 Å². The third-order valence-electron chi connectivity index (χ3n) is 5.01. The molecule has 1 heterocycles. The van der Waals surface area contributed by atoms with Crippen LogP contribution in [0.15, 0.2) is 42.5 Å². The number of aliphatic carboxylic acids is 1. The van der Waals surface area contributed by atoms with Crippen LogP contribution in [0.5, 0.6) is 0 Å². The average Bonchev–Trinajstić information content (AvgIpc) is 3.14. The molecule has 0 amide bonds. The lowest BCUT2D eigenvalue weighted by molar-refractivity contribution is -0.143. The van der Waals surface area contributed by atoms with Gasteiger partial charge in [0.2, 0.25) is 0 Å². The van der Waals surface area contributed by atoms with E-state index in [2.05, 4.69) is 4.98 Å². The number of carbonyl (C=O) groups is 1. The molecule has 0 radical (unpaired) electrons. The van der Waals surface area contributed by atoms with Crippen molar-refractivity contribution in [3.8, 4) is 10.6 Å². The van der Waals surface area contributed by atoms with E-state index in [1.165, 1.54) is 29.5 Å². The number of benzene rings is 2. The van der Waals surface area contributed by atoms with Crippen molar-refractivity contribution in [2.45, 2.75) is 25.2 Å². The van der Waals surface area contributed by atoms with Crippen LogP contribution in [0, 0.1) is 18.6 Å². The molecule has 6 heteroatoms. The molecule has 26 heavy (non-hydrogen) atoms. The summed E-state index contributed by atoms with van der Waals surface area (Å²) < 4.78 is 28.0. The van der Waals surface area contributed by atoms with Crippen LogP contribution in [-0.4, -0.2) is 16.1 Å². The van der Waals surface area contributed by atoms with Crippen molar-refractivity contribution in [1.29, 1.82) is 0 Å². The van der Waals surface area contributed by atoms with Gasteiger partial charge in [0.05, 0.1) is 5.69 Å². The van der Waals surface area contributed by atoms with Crippen LogP contribution in [0.4, 0.5) is 8.78 Å². The Balaban J connectivity index is 1.77. The molecule has 4 rings (SSSR count). The van der Waals surface area contributed by atoms with Crippen molar-refractivity contribution in [1.82, 2.24) is 4.98 Å². The van der Waals surface area contributed by atoms with Gasteiger partial charge in [0.25, 0.3) is 0 Å². The van der Waals surface area contributed by atoms with Gasteiger partial charge in [-0.2, -0.15) is 0 Å². The number of halogens is 2. The number of rotatable bonds is 3. The van der Waals surface area contributed by atoms with Gasteiger partial charge >= 0.3 is 5.97 Å². The first-order chi connectivity index (χ1) is 12.4. The van der Waals surface area contributed by atoms with Crippen LogP contribution in [0.25, 0.3) is 10.6 Å². The lowest BCUT2D eigenvalue weighted by atomic mass is 9.76. The molecular weight excluding hydrogens is 356 g/mol. The smallest absolute Gasteiger partial charge is 0.314 e. The molecule has 1 N–H and O–H groups in total. The summed E-state index contributed by atoms with van der Waals surface area (Å²) in [5, 5.41) is 10.5. The Morgan fingerprint density at radius 3 is 2.54 bits per heavy atom. The second-order valence-electron chi connectivity index (χ2n) is 6.52. The van der Waals surface area contributed by atoms with E-state index in [9.17, 15) is 18.7 Å². The molecule has 1 aromatic heterocycles. The molecule has 1 aliphatic rings. The summed E-state index contributed by atoms with van der Waals surface area (Å²) in [6.07, 6.45) is 0.404. The Kier molecular flexibility index (Phi) is 3.88. The van der Waals surface area contributed by atoms with Gasteiger partial charge in [-0.25, -0.2) is 13.8 Å². The van der Waals surface area contributed by atoms with Crippen molar-refractivity contribution < 1.29 is 18.7 Å². The highest BCUT2D eigenvalue weighted by Crippen LogP contribution is 2.45. The first kappa shape index (κ1) is 16.8. The van der Waals surface area contributed by atoms with E-state index in [4.69, 9.17) is 0 Å². The fourth-order valence-corrected chi connectivity index (χ4v) is 4.83. The van der Waals surface area contributed by atoms with Gasteiger partial charge in [-0.05, 0) is 36.2 Å². The number of aromatic nitrogens is 1. The monoisotopic (exact) mass is 371 g/mol. The predicted molar refractivity (Wildman–Crippen MR) is 95.4 cm³/mol. The summed E-state index contributed by atoms with van der Waals surface area (Å²) in [7, 11) is 0. The van der Waals surface area contributed by atoms with Crippen LogP contribution in [0.3, 0.4) is 0 Å². The Hall–Kier alpha value is -2.60. The van der Waals surface area contributed by atoms with Crippen LogP contribution in [-0.2, 0) is 23.1 Å². The second kappa shape index (κ2) is 5.99. The van der Waals surface area contributed by atoms with E-state index >= 15 is 0 Å². The number of thiazole rings is 1. The zero-order chi connectivity index (χ0) is 18.5. The van der Waals surface area contributed by atoms with Gasteiger partial charge in [0.1, 0.15) is 22.1 Å². The first-order valence-corrected chi connectivity index (χ1v) is 8.96. The molecule has 2 aromatic carbocycles. The van der Waals surface area contributed by atoms with Crippen molar-refractivity contribution in [2.75, 3.05) is 0 Å². The predicted octanol–water partition coefficient (Wildman–Crippen LogP) is 4.52. The van der Waals surface area contributed by atoms with E-state index in [1.54, 1.807) is 31.2 Å². The molecule has 132 valence electrons. The van der Waals surface area contributed by atoms with Crippen molar-refractivity contribution in [3.05, 3.63) is 75.8 Å². The molecule has 0 saturated heterocycles. The van der Waals surface area contributed by atoms with Gasteiger partial charge in [-0.15, -0.1) is 11.3 Å². The molecular formula is C20H15F2NO2S. The molecule has 1 atom stereocenters. The minimum Gasteiger partial charge on any atom is -0.481 e. The maximum atomic E-state index is 14.0. The molecule has 1 aliphatic carbocycles. The fourth-order valence-electron chi connectivity index (χ4n) is 3.61. The van der Waals surface area contributed by atoms with Crippen molar-refractivity contribution in [2.24, 2.45) is 0 Å². The van der Waals surface area contributed by atoms with Gasteiger partial charge < -0.3 is 5.11 Å². The summed E-state index contributed by atoms with van der Waals surface area (Å²) in [5.74, 6) is -1.77. The number of hydrogen-bond donors (Lipinski definition) is 1. The van der Waals surface area contributed by atoms with Gasteiger partial charge in [0.15, 0.2) is 0 Å². The SMILES string of the molecule is Cc1c(F)cccc1C1(C(=O)O)Cc2nc(-c3ccccc3F)sc2C1. The second-order valence-corrected chi connectivity index (χ2v) is 7.61. The van der Waals surface area contributed by atoms with Crippen molar-refractivity contribution >= 4 is 17.3 Å². The lowest BCUT2D eigenvalue weighted by Crippen LogP contribution is -2.37. The van der Waals surface area contributed by atoms with Crippen LogP contribution in [0.2, 0.25) is 0 Å². The minimum atomic E-state index is -1.23. The summed E-state index contributed by atoms with van der Waals surface area (Å²) in [5.41, 5.74) is 0.657. The van der Waals surface area contributed by atoms with E-state index in [1.807, 2.05) is 0 Å². The third-order valence-corrected chi connectivity index (χ3v) is 6.14. The van der Waals surface area contributed by atoms with E-state index < -0.39 is 17.2 Å². The van der Waals surface area contributed by atoms with Crippen LogP contribution in [0.1, 0.15) is 21.7 Å². The zero-order valence-corrected chi connectivity index (χ0v) is 14.7. The summed E-state index contributed by atoms with van der Waals surface area (Å²) in [6.45, 7) is 1.60. The highest BCUT2D eigenvalue weighted by atomic mass is 32.1. The largest absolute Gasteiger partial charge is 0.481 e. The number of carboxylic acids is 1. The maximum absolute atomic E-state index is 14.0. The Bertz CT molecular complexity index is 1000. The average molecular weight is 371 g/mol. The maximum Gasteiger partial charge on any atom is 0.314 e. The summed E-state index contributed by atoms with van der Waals surface area (Å²) in [6, 6.07) is 10.9. The van der Waals surface area contributed by atoms with Gasteiger partial charge in [-0.1, -0.05) is 24.3 Å². The molecule has 1 unspecified atom stereocenters. The summed E-state index contributed by atoms with van der Waals surface area (Å²) >= 11 is 1.31. The Morgan fingerprint density at radius 1 is 1.12 bits per heavy atom. The lowest BCUT2D eigenvalue weighted by Gasteiger charge is -2.26. The molecule has 0 fully saturated rings. The third kappa shape index (κ3) is 2.44. The number of nitrogens with zero attached hydrogens (tertiary/aromatic N) is 1. The Morgan fingerprint density at radius 2 is 1.85 bits per heavy atom. The standard InChI is InChI=1S/C20H15F2NO2S/c1-11-13(6-4-8-14(11)21)20(19(24)25)9-16-17(10-20)26-18(23-16)12-5-2-3-7-15(12)22/h2-8H,9-10H2,1H3,(H,24,25). The van der Waals surface area contributed by atoms with Gasteiger partial charge in [-0.3, -0.25) is 4.79 Å². The highest BCUT2D eigenvalue weighted by Gasteiger charge is 2.48. The van der Waals surface area contributed by atoms with E-state index in [0.29, 0.717) is 27.4 Å². The number of fused-ring (bicyclic) bond motifs is 1. The summed E-state index contributed by atoms with van der Waals surface area (Å²) in [4.78, 5) is 17.5. The quantitative estimate of drug-likeness (QED) is 0.737. The normalized spacial score (nSPS) is 18.7. The number of carboxylic acid groups (broad SMARTS) is 1. The van der Waals surface area contributed by atoms with Gasteiger partial charge in [0, 0.05) is 23.3 Å². The van der Waals surface area contributed by atoms with Crippen molar-refractivity contribution in [3.63, 3.8) is 0 Å². The minimum absolute atomic E-state index is 0.174. The molecule has 3 nitrogen and oxygen atoms in total. The molecule has 0 bridgehead atoms. The zero-order valence-electron chi connectivity index (χ0n) is 13.9. The Labute approximate surface area is 153 Å². The highest BCUT2D eigenvalue weighted by molar-refractivity contribution is 7.15. The van der Waals surface area contributed by atoms with E-state index in [0.717, 1.165) is 4.88 Å². The molecule has 0 saturated carbocycles. The number of hydrogen-bond acceptors (Lipinski definition) is 3. The molecule has 0 aliphatic heterocycles. The molecule has 0 spiro atoms. The van der Waals surface area contributed by atoms with Crippen LogP contribution >= 0.6 is 11.3 Å².